The van der Waals surface area contributed by atoms with Crippen LogP contribution in [0.2, 0.25) is 0 Å². The minimum absolute atomic E-state index is 0.0509. The minimum Gasteiger partial charge on any atom is -0.377 e. The third-order valence-corrected chi connectivity index (χ3v) is 5.54. The van der Waals surface area contributed by atoms with Gasteiger partial charge in [0, 0.05) is 37.1 Å². The highest BCUT2D eigenvalue weighted by Gasteiger charge is 2.46. The second-order valence-corrected chi connectivity index (χ2v) is 7.67. The van der Waals surface area contributed by atoms with Crippen molar-refractivity contribution >= 4 is 17.5 Å². The van der Waals surface area contributed by atoms with Gasteiger partial charge in [0.15, 0.2) is 5.78 Å². The summed E-state index contributed by atoms with van der Waals surface area (Å²) in [5.74, 6) is -0.176. The van der Waals surface area contributed by atoms with Gasteiger partial charge in [0.2, 0.25) is 5.95 Å². The van der Waals surface area contributed by atoms with Gasteiger partial charge in [-0.05, 0) is 25.5 Å². The molecule has 1 saturated heterocycles. The number of aromatic nitrogens is 3. The highest BCUT2D eigenvalue weighted by atomic mass is 19.4. The van der Waals surface area contributed by atoms with Gasteiger partial charge < -0.3 is 14.5 Å². The van der Waals surface area contributed by atoms with Crippen molar-refractivity contribution in [3.8, 4) is 0 Å². The molecule has 2 aliphatic heterocycles. The largest absolute Gasteiger partial charge is 0.409 e. The molecule has 0 N–H and O–H groups in total. The van der Waals surface area contributed by atoms with Crippen molar-refractivity contribution in [1.82, 2.24) is 14.5 Å². The van der Waals surface area contributed by atoms with Crippen molar-refractivity contribution in [2.45, 2.75) is 31.6 Å². The zero-order chi connectivity index (χ0) is 22.2. The van der Waals surface area contributed by atoms with Crippen molar-refractivity contribution < 1.29 is 22.7 Å². The molecule has 2 aliphatic rings. The van der Waals surface area contributed by atoms with Crippen LogP contribution in [0.4, 0.5) is 24.9 Å². The molecule has 166 valence electrons. The fourth-order valence-corrected chi connectivity index (χ4v) is 3.96. The van der Waals surface area contributed by atoms with Gasteiger partial charge in [-0.15, -0.1) is 0 Å². The first-order chi connectivity index (χ1) is 14.8. The first-order valence-corrected chi connectivity index (χ1v) is 9.98. The molecule has 0 amide bonds. The Morgan fingerprint density at radius 1 is 1.32 bits per heavy atom. The molecule has 2 aromatic rings. The second kappa shape index (κ2) is 8.29. The number of nitrogens with zero attached hydrogens (tertiary/aromatic N) is 5. The first kappa shape index (κ1) is 21.3. The van der Waals surface area contributed by atoms with E-state index in [2.05, 4.69) is 9.97 Å². The molecule has 31 heavy (non-hydrogen) atoms. The molecular formula is C20H22F3N5O3. The molecule has 0 saturated carbocycles. The van der Waals surface area contributed by atoms with Crippen LogP contribution < -0.4 is 15.4 Å². The standard InChI is InChI=1S/C20H22F3N5O3/c1-13-12-31-8-7-27(13)17-9-18(30)28-16(20(21,22)23)4-6-26(19(28)25-17)11-15(29)14-3-2-5-24-10-14/h2-3,5,9-10,13,16H,4,6-8,11-12H2,1H3/t13-,16?/m1/s1. The summed E-state index contributed by atoms with van der Waals surface area (Å²) in [7, 11) is 0. The van der Waals surface area contributed by atoms with E-state index in [0.29, 0.717) is 29.9 Å². The van der Waals surface area contributed by atoms with Crippen LogP contribution in [0, 0.1) is 0 Å². The van der Waals surface area contributed by atoms with E-state index in [4.69, 9.17) is 4.74 Å². The quantitative estimate of drug-likeness (QED) is 0.678. The highest BCUT2D eigenvalue weighted by molar-refractivity contribution is 5.98. The van der Waals surface area contributed by atoms with E-state index in [-0.39, 0.29) is 43.1 Å². The molecule has 0 spiro atoms. The molecule has 11 heteroatoms. The summed E-state index contributed by atoms with van der Waals surface area (Å²) in [5, 5.41) is 0. The predicted molar refractivity (Wildman–Crippen MR) is 107 cm³/mol. The van der Waals surface area contributed by atoms with Crippen LogP contribution >= 0.6 is 0 Å². The summed E-state index contributed by atoms with van der Waals surface area (Å²) in [6, 6.07) is 2.26. The van der Waals surface area contributed by atoms with Crippen molar-refractivity contribution in [1.29, 1.82) is 0 Å². The number of hydrogen-bond donors (Lipinski definition) is 0. The predicted octanol–water partition coefficient (Wildman–Crippen LogP) is 2.06. The molecule has 0 aliphatic carbocycles. The topological polar surface area (TPSA) is 80.6 Å². The average molecular weight is 437 g/mol. The Kier molecular flexibility index (Phi) is 5.69. The number of carbonyl (C=O) groups is 1. The highest BCUT2D eigenvalue weighted by Crippen LogP contribution is 2.38. The lowest BCUT2D eigenvalue weighted by atomic mass is 10.1. The number of carbonyl (C=O) groups excluding carboxylic acids is 1. The van der Waals surface area contributed by atoms with Gasteiger partial charge in [-0.1, -0.05) is 0 Å². The molecular weight excluding hydrogens is 415 g/mol. The van der Waals surface area contributed by atoms with Crippen LogP contribution in [0.1, 0.15) is 29.7 Å². The van der Waals surface area contributed by atoms with E-state index >= 15 is 0 Å². The number of fused-ring (bicyclic) bond motifs is 1. The zero-order valence-corrected chi connectivity index (χ0v) is 16.9. The van der Waals surface area contributed by atoms with Crippen LogP contribution in [0.15, 0.2) is 35.4 Å². The normalized spacial score (nSPS) is 21.7. The lowest BCUT2D eigenvalue weighted by Gasteiger charge is -2.38. The summed E-state index contributed by atoms with van der Waals surface area (Å²) >= 11 is 0. The van der Waals surface area contributed by atoms with Crippen molar-refractivity contribution in [3.05, 3.63) is 46.5 Å². The molecule has 0 radical (unpaired) electrons. The van der Waals surface area contributed by atoms with E-state index in [9.17, 15) is 22.8 Å². The Morgan fingerprint density at radius 3 is 2.81 bits per heavy atom. The number of halogens is 3. The van der Waals surface area contributed by atoms with E-state index in [1.165, 1.54) is 17.3 Å². The molecule has 4 heterocycles. The smallest absolute Gasteiger partial charge is 0.377 e. The minimum atomic E-state index is -4.60. The van der Waals surface area contributed by atoms with E-state index < -0.39 is 17.8 Å². The van der Waals surface area contributed by atoms with Crippen LogP contribution in [-0.2, 0) is 4.74 Å². The molecule has 1 fully saturated rings. The maximum Gasteiger partial charge on any atom is 0.409 e. The van der Waals surface area contributed by atoms with Gasteiger partial charge in [0.05, 0.1) is 25.8 Å². The Balaban J connectivity index is 1.74. The van der Waals surface area contributed by atoms with Crippen LogP contribution in [0.5, 0.6) is 0 Å². The molecule has 0 aromatic carbocycles. The summed E-state index contributed by atoms with van der Waals surface area (Å²) in [6.07, 6.45) is -2.02. The molecule has 4 rings (SSSR count). The third kappa shape index (κ3) is 4.27. The van der Waals surface area contributed by atoms with E-state index in [1.807, 2.05) is 11.8 Å². The lowest BCUT2D eigenvalue weighted by Crippen LogP contribution is -2.49. The number of pyridine rings is 1. The van der Waals surface area contributed by atoms with E-state index in [0.717, 1.165) is 6.07 Å². The maximum absolute atomic E-state index is 13.7. The summed E-state index contributed by atoms with van der Waals surface area (Å²) in [5.41, 5.74) is -0.452. The Morgan fingerprint density at radius 2 is 2.13 bits per heavy atom. The molecule has 2 atom stereocenters. The van der Waals surface area contributed by atoms with Gasteiger partial charge in [-0.3, -0.25) is 19.1 Å². The van der Waals surface area contributed by atoms with Crippen molar-refractivity contribution in [2.75, 3.05) is 42.6 Å². The van der Waals surface area contributed by atoms with Gasteiger partial charge in [0.1, 0.15) is 11.9 Å². The average Bonchev–Trinajstić information content (AvgIpc) is 2.74. The number of ketones is 1. The molecule has 8 nitrogen and oxygen atoms in total. The molecule has 2 aromatic heterocycles. The van der Waals surface area contributed by atoms with Gasteiger partial charge in [-0.2, -0.15) is 18.2 Å². The van der Waals surface area contributed by atoms with Crippen molar-refractivity contribution in [2.24, 2.45) is 0 Å². The SMILES string of the molecule is C[C@@H]1COCCN1c1cc(=O)n2c(n1)N(CC(=O)c1cccnc1)CCC2C(F)(F)F. The number of alkyl halides is 3. The van der Waals surface area contributed by atoms with Gasteiger partial charge in [-0.25, -0.2) is 0 Å². The van der Waals surface area contributed by atoms with E-state index in [1.54, 1.807) is 12.1 Å². The van der Waals surface area contributed by atoms with Crippen LogP contribution in [0.3, 0.4) is 0 Å². The zero-order valence-electron chi connectivity index (χ0n) is 16.9. The van der Waals surface area contributed by atoms with Crippen LogP contribution in [0.25, 0.3) is 0 Å². The van der Waals surface area contributed by atoms with Gasteiger partial charge >= 0.3 is 6.18 Å². The summed E-state index contributed by atoms with van der Waals surface area (Å²) in [6.45, 7) is 2.96. The first-order valence-electron chi connectivity index (χ1n) is 9.98. The van der Waals surface area contributed by atoms with Crippen molar-refractivity contribution in [3.63, 3.8) is 0 Å². The summed E-state index contributed by atoms with van der Waals surface area (Å²) < 4.78 is 47.1. The third-order valence-electron chi connectivity index (χ3n) is 5.54. The maximum atomic E-state index is 13.7. The number of morpholine rings is 1. The second-order valence-electron chi connectivity index (χ2n) is 7.67. The molecule has 0 bridgehead atoms. The number of hydrogen-bond acceptors (Lipinski definition) is 7. The summed E-state index contributed by atoms with van der Waals surface area (Å²) in [4.78, 5) is 37.1. The fourth-order valence-electron chi connectivity index (χ4n) is 3.96. The fraction of sp³-hybridized carbons (Fsp3) is 0.500. The Labute approximate surface area is 176 Å². The molecule has 1 unspecified atom stereocenters. The number of rotatable bonds is 4. The number of ether oxygens (including phenoxy) is 1. The monoisotopic (exact) mass is 437 g/mol. The van der Waals surface area contributed by atoms with Crippen LogP contribution in [-0.4, -0.2) is 65.4 Å². The Bertz CT molecular complexity index is 1010. The Hall–Kier alpha value is -2.95. The lowest BCUT2D eigenvalue weighted by molar-refractivity contribution is -0.170. The number of Topliss-reactive ketones (excluding diaryl/α,β-unsaturated/α-hetero) is 1. The number of anilines is 2. The van der Waals surface area contributed by atoms with Gasteiger partial charge in [0.25, 0.3) is 5.56 Å².